The Hall–Kier alpha value is -4.32. The largest absolute Gasteiger partial charge is 0.347 e. The number of hydrogen-bond donors (Lipinski definition) is 1. The highest BCUT2D eigenvalue weighted by Crippen LogP contribution is 2.25. The summed E-state index contributed by atoms with van der Waals surface area (Å²) in [5, 5.41) is 7.54. The Morgan fingerprint density at radius 2 is 1.53 bits per heavy atom. The molecular formula is C26H19FN4O. The molecule has 0 bridgehead atoms. The van der Waals surface area contributed by atoms with Crippen molar-refractivity contribution < 1.29 is 9.18 Å². The van der Waals surface area contributed by atoms with Crippen LogP contribution in [0.25, 0.3) is 28.2 Å². The Labute approximate surface area is 184 Å². The van der Waals surface area contributed by atoms with Crippen molar-refractivity contribution in [3.05, 3.63) is 114 Å². The van der Waals surface area contributed by atoms with Gasteiger partial charge < -0.3 is 5.32 Å². The standard InChI is InChI=1S/C26H19FN4O/c27-21-14-8-7-13-20(21)23-15-24(26(32)28-17-18-9-3-1-4-10-18)31-25(29-23)16-22(30-31)19-11-5-2-6-12-19/h1-16H,17H2,(H,28,32). The van der Waals surface area contributed by atoms with Gasteiger partial charge in [0.25, 0.3) is 5.91 Å². The molecule has 1 N–H and O–H groups in total. The summed E-state index contributed by atoms with van der Waals surface area (Å²) in [6.45, 7) is 0.366. The maximum Gasteiger partial charge on any atom is 0.270 e. The van der Waals surface area contributed by atoms with Crippen molar-refractivity contribution in [2.75, 3.05) is 0 Å². The van der Waals surface area contributed by atoms with Gasteiger partial charge in [-0.1, -0.05) is 72.8 Å². The highest BCUT2D eigenvalue weighted by Gasteiger charge is 2.18. The van der Waals surface area contributed by atoms with E-state index in [2.05, 4.69) is 15.4 Å². The van der Waals surface area contributed by atoms with Crippen molar-refractivity contribution in [3.63, 3.8) is 0 Å². The molecule has 0 saturated heterocycles. The van der Waals surface area contributed by atoms with Crippen LogP contribution in [0.3, 0.4) is 0 Å². The minimum absolute atomic E-state index is 0.284. The summed E-state index contributed by atoms with van der Waals surface area (Å²) in [6.07, 6.45) is 0. The van der Waals surface area contributed by atoms with E-state index in [4.69, 9.17) is 0 Å². The van der Waals surface area contributed by atoms with Crippen LogP contribution in [-0.4, -0.2) is 20.5 Å². The molecule has 0 aliphatic heterocycles. The Kier molecular flexibility index (Phi) is 5.17. The number of carbonyl (C=O) groups is 1. The lowest BCUT2D eigenvalue weighted by Crippen LogP contribution is -2.25. The molecule has 5 nitrogen and oxygen atoms in total. The van der Waals surface area contributed by atoms with Crippen molar-refractivity contribution in [1.82, 2.24) is 19.9 Å². The number of rotatable bonds is 5. The number of amides is 1. The molecule has 0 fully saturated rings. The Morgan fingerprint density at radius 1 is 0.844 bits per heavy atom. The van der Waals surface area contributed by atoms with E-state index in [1.165, 1.54) is 10.6 Å². The van der Waals surface area contributed by atoms with E-state index in [-0.39, 0.29) is 11.6 Å². The number of benzene rings is 3. The summed E-state index contributed by atoms with van der Waals surface area (Å²) in [7, 11) is 0. The van der Waals surface area contributed by atoms with Crippen LogP contribution in [0.4, 0.5) is 4.39 Å². The molecule has 0 aliphatic rings. The van der Waals surface area contributed by atoms with E-state index >= 15 is 0 Å². The van der Waals surface area contributed by atoms with E-state index in [1.807, 2.05) is 60.7 Å². The van der Waals surface area contributed by atoms with E-state index in [0.29, 0.717) is 29.1 Å². The quantitative estimate of drug-likeness (QED) is 0.427. The van der Waals surface area contributed by atoms with Crippen LogP contribution in [0.15, 0.2) is 97.1 Å². The number of aromatic nitrogens is 3. The van der Waals surface area contributed by atoms with Crippen LogP contribution in [0.2, 0.25) is 0 Å². The smallest absolute Gasteiger partial charge is 0.270 e. The van der Waals surface area contributed by atoms with E-state index in [0.717, 1.165) is 11.1 Å². The maximum atomic E-state index is 14.5. The van der Waals surface area contributed by atoms with E-state index < -0.39 is 5.82 Å². The molecule has 6 heteroatoms. The summed E-state index contributed by atoms with van der Waals surface area (Å²) >= 11 is 0. The van der Waals surface area contributed by atoms with Gasteiger partial charge in [0.15, 0.2) is 5.65 Å². The maximum absolute atomic E-state index is 14.5. The van der Waals surface area contributed by atoms with Gasteiger partial charge in [0, 0.05) is 23.7 Å². The summed E-state index contributed by atoms with van der Waals surface area (Å²) in [4.78, 5) is 17.7. The lowest BCUT2D eigenvalue weighted by atomic mass is 10.1. The van der Waals surface area contributed by atoms with Crippen LogP contribution in [0.1, 0.15) is 16.1 Å². The van der Waals surface area contributed by atoms with Gasteiger partial charge in [-0.15, -0.1) is 0 Å². The summed E-state index contributed by atoms with van der Waals surface area (Å²) < 4.78 is 16.0. The van der Waals surface area contributed by atoms with Gasteiger partial charge in [0.05, 0.1) is 11.4 Å². The Bertz CT molecular complexity index is 1400. The molecule has 0 radical (unpaired) electrons. The average Bonchev–Trinajstić information content (AvgIpc) is 3.28. The van der Waals surface area contributed by atoms with Crippen molar-refractivity contribution in [2.45, 2.75) is 6.54 Å². The highest BCUT2D eigenvalue weighted by molar-refractivity contribution is 5.94. The molecule has 2 aromatic heterocycles. The van der Waals surface area contributed by atoms with E-state index in [1.54, 1.807) is 30.3 Å². The molecule has 0 atom stereocenters. The van der Waals surface area contributed by atoms with Crippen molar-refractivity contribution >= 4 is 11.6 Å². The van der Waals surface area contributed by atoms with Gasteiger partial charge in [-0.2, -0.15) is 5.10 Å². The molecule has 1 amide bonds. The summed E-state index contributed by atoms with van der Waals surface area (Å²) in [5.41, 5.74) is 4.02. The van der Waals surface area contributed by atoms with Crippen LogP contribution >= 0.6 is 0 Å². The van der Waals surface area contributed by atoms with Crippen molar-refractivity contribution in [1.29, 1.82) is 0 Å². The van der Waals surface area contributed by atoms with Crippen molar-refractivity contribution in [2.24, 2.45) is 0 Å². The fourth-order valence-corrected chi connectivity index (χ4v) is 3.56. The van der Waals surface area contributed by atoms with Crippen LogP contribution in [-0.2, 0) is 6.54 Å². The first-order valence-corrected chi connectivity index (χ1v) is 10.2. The van der Waals surface area contributed by atoms with Crippen LogP contribution in [0, 0.1) is 5.82 Å². The van der Waals surface area contributed by atoms with Gasteiger partial charge in [0.1, 0.15) is 11.5 Å². The molecule has 5 aromatic rings. The number of nitrogens with one attached hydrogen (secondary N) is 1. The van der Waals surface area contributed by atoms with E-state index in [9.17, 15) is 9.18 Å². The second kappa shape index (κ2) is 8.43. The normalized spacial score (nSPS) is 10.9. The minimum atomic E-state index is -0.400. The number of fused-ring (bicyclic) bond motifs is 1. The molecule has 5 rings (SSSR count). The van der Waals surface area contributed by atoms with Gasteiger partial charge in [0.2, 0.25) is 0 Å². The monoisotopic (exact) mass is 422 g/mol. The van der Waals surface area contributed by atoms with Gasteiger partial charge in [-0.05, 0) is 23.8 Å². The number of halogens is 1. The third kappa shape index (κ3) is 3.86. The molecule has 0 unspecified atom stereocenters. The lowest BCUT2D eigenvalue weighted by molar-refractivity contribution is 0.0943. The zero-order chi connectivity index (χ0) is 21.9. The summed E-state index contributed by atoms with van der Waals surface area (Å²) in [5.74, 6) is -0.718. The fourth-order valence-electron chi connectivity index (χ4n) is 3.56. The molecule has 32 heavy (non-hydrogen) atoms. The first-order valence-electron chi connectivity index (χ1n) is 10.2. The number of carbonyl (C=O) groups excluding carboxylic acids is 1. The third-order valence-corrected chi connectivity index (χ3v) is 5.18. The zero-order valence-electron chi connectivity index (χ0n) is 17.1. The van der Waals surface area contributed by atoms with Gasteiger partial charge in [-0.25, -0.2) is 13.9 Å². The molecule has 156 valence electrons. The van der Waals surface area contributed by atoms with Crippen molar-refractivity contribution in [3.8, 4) is 22.5 Å². The Balaban J connectivity index is 1.60. The predicted molar refractivity (Wildman–Crippen MR) is 121 cm³/mol. The molecule has 0 saturated carbocycles. The number of nitrogens with zero attached hydrogens (tertiary/aromatic N) is 3. The van der Waals surface area contributed by atoms with Gasteiger partial charge >= 0.3 is 0 Å². The van der Waals surface area contributed by atoms with Crippen LogP contribution < -0.4 is 5.32 Å². The SMILES string of the molecule is O=C(NCc1ccccc1)c1cc(-c2ccccc2F)nc2cc(-c3ccccc3)nn12. The molecule has 2 heterocycles. The minimum Gasteiger partial charge on any atom is -0.347 e. The third-order valence-electron chi connectivity index (χ3n) is 5.18. The van der Waals surface area contributed by atoms with Crippen LogP contribution in [0.5, 0.6) is 0 Å². The second-order valence-corrected chi connectivity index (χ2v) is 7.34. The zero-order valence-corrected chi connectivity index (χ0v) is 17.1. The second-order valence-electron chi connectivity index (χ2n) is 7.34. The molecule has 0 spiro atoms. The first kappa shape index (κ1) is 19.6. The summed E-state index contributed by atoms with van der Waals surface area (Å²) in [6, 6.07) is 29.1. The van der Waals surface area contributed by atoms with Gasteiger partial charge in [-0.3, -0.25) is 4.79 Å². The topological polar surface area (TPSA) is 59.3 Å². The fraction of sp³-hybridized carbons (Fsp3) is 0.0385. The number of hydrogen-bond acceptors (Lipinski definition) is 3. The molecule has 3 aromatic carbocycles. The predicted octanol–water partition coefficient (Wildman–Crippen LogP) is 5.13. The molecular weight excluding hydrogens is 403 g/mol. The molecule has 0 aliphatic carbocycles. The highest BCUT2D eigenvalue weighted by atomic mass is 19.1. The first-order chi connectivity index (χ1) is 15.7. The lowest BCUT2D eigenvalue weighted by Gasteiger charge is -2.10. The Morgan fingerprint density at radius 3 is 2.28 bits per heavy atom. The average molecular weight is 422 g/mol.